The third-order valence-electron chi connectivity index (χ3n) is 5.31. The van der Waals surface area contributed by atoms with Crippen LogP contribution in [0.3, 0.4) is 0 Å². The summed E-state index contributed by atoms with van der Waals surface area (Å²) in [5.41, 5.74) is 6.30. The smallest absolute Gasteiger partial charge is 0.0570 e. The van der Waals surface area contributed by atoms with Gasteiger partial charge in [0.15, 0.2) is 0 Å². The Morgan fingerprint density at radius 2 is 1.71 bits per heavy atom. The number of piperidine rings is 1. The van der Waals surface area contributed by atoms with Crippen LogP contribution in [0.25, 0.3) is 0 Å². The molecule has 2 bridgehead atoms. The molecule has 2 unspecified atom stereocenters. The fraction of sp³-hybridized carbons (Fsp3) is 1.00. The van der Waals surface area contributed by atoms with Crippen molar-refractivity contribution >= 4 is 0 Å². The van der Waals surface area contributed by atoms with Gasteiger partial charge in [-0.15, -0.1) is 0 Å². The Kier molecular flexibility index (Phi) is 4.11. The number of nitrogens with two attached hydrogens (primary N) is 1. The molecular weight excluding hydrogens is 212 g/mol. The normalized spacial score (nSPS) is 34.2. The lowest BCUT2D eigenvalue weighted by Crippen LogP contribution is -2.51. The maximum absolute atomic E-state index is 9.83. The molecule has 2 heterocycles. The lowest BCUT2D eigenvalue weighted by atomic mass is 9.80. The largest absolute Gasteiger partial charge is 0.393 e. The molecule has 2 fully saturated rings. The SMILES string of the molecule is CCC(CC)(CN)CN1C2CCC1CC(O)C2. The molecule has 100 valence electrons. The van der Waals surface area contributed by atoms with Crippen LogP contribution >= 0.6 is 0 Å². The van der Waals surface area contributed by atoms with Crippen LogP contribution in [0.15, 0.2) is 0 Å². The first kappa shape index (κ1) is 13.3. The highest BCUT2D eigenvalue weighted by Gasteiger charge is 2.42. The van der Waals surface area contributed by atoms with Crippen molar-refractivity contribution in [3.05, 3.63) is 0 Å². The van der Waals surface area contributed by atoms with Gasteiger partial charge >= 0.3 is 0 Å². The van der Waals surface area contributed by atoms with E-state index in [-0.39, 0.29) is 6.10 Å². The van der Waals surface area contributed by atoms with E-state index in [9.17, 15) is 5.11 Å². The first-order chi connectivity index (χ1) is 8.14. The highest BCUT2D eigenvalue weighted by molar-refractivity contribution is 4.98. The Bertz CT molecular complexity index is 230. The molecular formula is C14H28N2O. The number of aliphatic hydroxyl groups excluding tert-OH is 1. The molecule has 0 spiro atoms. The minimum Gasteiger partial charge on any atom is -0.393 e. The zero-order valence-corrected chi connectivity index (χ0v) is 11.4. The maximum Gasteiger partial charge on any atom is 0.0570 e. The zero-order valence-electron chi connectivity index (χ0n) is 11.4. The molecule has 0 amide bonds. The molecule has 2 aliphatic rings. The minimum atomic E-state index is -0.0562. The van der Waals surface area contributed by atoms with E-state index in [1.807, 2.05) is 0 Å². The lowest BCUT2D eigenvalue weighted by Gasteiger charge is -2.43. The van der Waals surface area contributed by atoms with Gasteiger partial charge in [0.1, 0.15) is 0 Å². The summed E-state index contributed by atoms with van der Waals surface area (Å²) in [6.07, 6.45) is 6.77. The van der Waals surface area contributed by atoms with Gasteiger partial charge in [0.25, 0.3) is 0 Å². The zero-order chi connectivity index (χ0) is 12.5. The topological polar surface area (TPSA) is 49.5 Å². The second-order valence-electron chi connectivity index (χ2n) is 6.09. The highest BCUT2D eigenvalue weighted by atomic mass is 16.3. The average Bonchev–Trinajstić information content (AvgIpc) is 2.58. The number of hydrogen-bond acceptors (Lipinski definition) is 3. The molecule has 2 rings (SSSR count). The van der Waals surface area contributed by atoms with Gasteiger partial charge in [-0.25, -0.2) is 0 Å². The predicted octanol–water partition coefficient (Wildman–Crippen LogP) is 1.74. The fourth-order valence-corrected chi connectivity index (χ4v) is 3.72. The monoisotopic (exact) mass is 240 g/mol. The maximum atomic E-state index is 9.83. The standard InChI is InChI=1S/C14H28N2O/c1-3-14(4-2,9-15)10-16-11-5-6-12(16)8-13(17)7-11/h11-13,17H,3-10,15H2,1-2H3. The fourth-order valence-electron chi connectivity index (χ4n) is 3.72. The van der Waals surface area contributed by atoms with E-state index in [4.69, 9.17) is 5.73 Å². The Labute approximate surface area is 105 Å². The van der Waals surface area contributed by atoms with Crippen molar-refractivity contribution in [2.75, 3.05) is 13.1 Å². The number of aliphatic hydroxyl groups is 1. The van der Waals surface area contributed by atoms with Gasteiger partial charge < -0.3 is 10.8 Å². The number of fused-ring (bicyclic) bond motifs is 2. The van der Waals surface area contributed by atoms with Gasteiger partial charge in [-0.05, 0) is 50.5 Å². The number of nitrogens with zero attached hydrogens (tertiary/aromatic N) is 1. The molecule has 0 radical (unpaired) electrons. The van der Waals surface area contributed by atoms with Gasteiger partial charge in [-0.2, -0.15) is 0 Å². The molecule has 2 saturated heterocycles. The molecule has 3 heteroatoms. The second kappa shape index (κ2) is 5.25. The molecule has 17 heavy (non-hydrogen) atoms. The van der Waals surface area contributed by atoms with Crippen molar-refractivity contribution in [2.24, 2.45) is 11.1 Å². The van der Waals surface area contributed by atoms with E-state index in [0.29, 0.717) is 17.5 Å². The predicted molar refractivity (Wildman–Crippen MR) is 70.8 cm³/mol. The summed E-state index contributed by atoms with van der Waals surface area (Å²) < 4.78 is 0. The van der Waals surface area contributed by atoms with Crippen LogP contribution in [-0.4, -0.2) is 41.3 Å². The van der Waals surface area contributed by atoms with Gasteiger partial charge in [-0.1, -0.05) is 13.8 Å². The second-order valence-corrected chi connectivity index (χ2v) is 6.09. The van der Waals surface area contributed by atoms with Crippen molar-refractivity contribution in [1.82, 2.24) is 4.90 Å². The summed E-state index contributed by atoms with van der Waals surface area (Å²) in [4.78, 5) is 2.66. The average molecular weight is 240 g/mol. The summed E-state index contributed by atoms with van der Waals surface area (Å²) in [5, 5.41) is 9.83. The van der Waals surface area contributed by atoms with Crippen molar-refractivity contribution in [1.29, 1.82) is 0 Å². The van der Waals surface area contributed by atoms with Gasteiger partial charge in [0, 0.05) is 18.6 Å². The first-order valence-electron chi connectivity index (χ1n) is 7.28. The van der Waals surface area contributed by atoms with Crippen LogP contribution in [0.1, 0.15) is 52.4 Å². The summed E-state index contributed by atoms with van der Waals surface area (Å²) in [7, 11) is 0. The van der Waals surface area contributed by atoms with Gasteiger partial charge in [0.05, 0.1) is 6.10 Å². The summed E-state index contributed by atoms with van der Waals surface area (Å²) >= 11 is 0. The van der Waals surface area contributed by atoms with E-state index in [0.717, 1.165) is 25.9 Å². The number of rotatable bonds is 5. The van der Waals surface area contributed by atoms with Crippen LogP contribution in [0.4, 0.5) is 0 Å². The molecule has 0 aliphatic carbocycles. The third-order valence-corrected chi connectivity index (χ3v) is 5.31. The molecule has 0 aromatic rings. The molecule has 0 saturated carbocycles. The molecule has 0 aromatic heterocycles. The molecule has 3 nitrogen and oxygen atoms in total. The van der Waals surface area contributed by atoms with Crippen molar-refractivity contribution in [3.8, 4) is 0 Å². The van der Waals surface area contributed by atoms with E-state index in [1.54, 1.807) is 0 Å². The molecule has 0 aromatic carbocycles. The van der Waals surface area contributed by atoms with Crippen LogP contribution in [0, 0.1) is 5.41 Å². The summed E-state index contributed by atoms with van der Waals surface area (Å²) in [6, 6.07) is 1.24. The van der Waals surface area contributed by atoms with Crippen LogP contribution < -0.4 is 5.73 Å². The van der Waals surface area contributed by atoms with Crippen LogP contribution in [0.2, 0.25) is 0 Å². The van der Waals surface area contributed by atoms with Crippen molar-refractivity contribution in [2.45, 2.75) is 70.6 Å². The van der Waals surface area contributed by atoms with Gasteiger partial charge in [-0.3, -0.25) is 4.90 Å². The molecule has 2 atom stereocenters. The number of hydrogen-bond donors (Lipinski definition) is 2. The Balaban J connectivity index is 2.04. The van der Waals surface area contributed by atoms with E-state index >= 15 is 0 Å². The van der Waals surface area contributed by atoms with Crippen molar-refractivity contribution < 1.29 is 5.11 Å². The molecule has 3 N–H and O–H groups in total. The van der Waals surface area contributed by atoms with E-state index in [2.05, 4.69) is 18.7 Å². The van der Waals surface area contributed by atoms with Crippen molar-refractivity contribution in [3.63, 3.8) is 0 Å². The Morgan fingerprint density at radius 3 is 2.12 bits per heavy atom. The van der Waals surface area contributed by atoms with E-state index in [1.165, 1.54) is 25.7 Å². The van der Waals surface area contributed by atoms with E-state index < -0.39 is 0 Å². The minimum absolute atomic E-state index is 0.0562. The van der Waals surface area contributed by atoms with Gasteiger partial charge in [0.2, 0.25) is 0 Å². The lowest BCUT2D eigenvalue weighted by molar-refractivity contribution is 0.00899. The highest BCUT2D eigenvalue weighted by Crippen LogP contribution is 2.39. The Morgan fingerprint density at radius 1 is 1.18 bits per heavy atom. The Hall–Kier alpha value is -0.120. The van der Waals surface area contributed by atoms with Crippen LogP contribution in [-0.2, 0) is 0 Å². The third kappa shape index (κ3) is 2.51. The summed E-state index contributed by atoms with van der Waals surface area (Å²) in [6.45, 7) is 6.45. The molecule has 2 aliphatic heterocycles. The van der Waals surface area contributed by atoms with Crippen LogP contribution in [0.5, 0.6) is 0 Å². The first-order valence-corrected chi connectivity index (χ1v) is 7.28. The quantitative estimate of drug-likeness (QED) is 0.769. The summed E-state index contributed by atoms with van der Waals surface area (Å²) in [5.74, 6) is 0.